The van der Waals surface area contributed by atoms with Gasteiger partial charge in [-0.2, -0.15) is 11.8 Å². The molecule has 0 aromatic heterocycles. The predicted octanol–water partition coefficient (Wildman–Crippen LogP) is 1.88. The molecule has 108 valence electrons. The summed E-state index contributed by atoms with van der Waals surface area (Å²) < 4.78 is 5.37. The fraction of sp³-hybridized carbons (Fsp3) is 0.929. The molecular formula is C14H23NO3S. The van der Waals surface area contributed by atoms with E-state index in [-0.39, 0.29) is 0 Å². The lowest BCUT2D eigenvalue weighted by Gasteiger charge is -2.33. The highest BCUT2D eigenvalue weighted by Crippen LogP contribution is 2.44. The van der Waals surface area contributed by atoms with Crippen LogP contribution in [0.1, 0.15) is 38.5 Å². The summed E-state index contributed by atoms with van der Waals surface area (Å²) in [6.45, 7) is 1.66. The molecule has 2 aliphatic carbocycles. The van der Waals surface area contributed by atoms with E-state index in [1.54, 1.807) is 0 Å². The number of carboxylic acids is 1. The zero-order chi connectivity index (χ0) is 13.3. The third kappa shape index (κ3) is 3.26. The van der Waals surface area contributed by atoms with Crippen LogP contribution < -0.4 is 5.32 Å². The van der Waals surface area contributed by atoms with Crippen molar-refractivity contribution in [3.05, 3.63) is 0 Å². The van der Waals surface area contributed by atoms with Crippen LogP contribution in [-0.2, 0) is 9.53 Å². The van der Waals surface area contributed by atoms with Crippen LogP contribution in [0.5, 0.6) is 0 Å². The number of carboxylic acid groups (broad SMARTS) is 1. The van der Waals surface area contributed by atoms with Gasteiger partial charge in [0.25, 0.3) is 0 Å². The summed E-state index contributed by atoms with van der Waals surface area (Å²) in [4.78, 5) is 11.8. The van der Waals surface area contributed by atoms with Crippen LogP contribution in [-0.4, -0.2) is 46.9 Å². The smallest absolute Gasteiger partial charge is 0.325 e. The number of rotatable bonds is 7. The fourth-order valence-electron chi connectivity index (χ4n) is 2.84. The van der Waals surface area contributed by atoms with Gasteiger partial charge < -0.3 is 9.84 Å². The number of aliphatic carboxylic acids is 1. The van der Waals surface area contributed by atoms with Gasteiger partial charge >= 0.3 is 5.97 Å². The van der Waals surface area contributed by atoms with Crippen molar-refractivity contribution >= 4 is 17.7 Å². The molecule has 1 heterocycles. The molecule has 4 nitrogen and oxygen atoms in total. The summed E-state index contributed by atoms with van der Waals surface area (Å²) in [7, 11) is 0. The Morgan fingerprint density at radius 2 is 1.89 bits per heavy atom. The van der Waals surface area contributed by atoms with Crippen LogP contribution in [0.3, 0.4) is 0 Å². The highest BCUT2D eigenvalue weighted by molar-refractivity contribution is 8.00. The molecule has 3 rings (SSSR count). The van der Waals surface area contributed by atoms with Crippen molar-refractivity contribution in [2.75, 3.05) is 19.0 Å². The maximum Gasteiger partial charge on any atom is 0.325 e. The van der Waals surface area contributed by atoms with Gasteiger partial charge in [-0.15, -0.1) is 0 Å². The SMILES string of the molecule is O=C(O)C(CSC1CCOCC1)(NC1CC1)C1CC1. The van der Waals surface area contributed by atoms with Crippen LogP contribution in [0.2, 0.25) is 0 Å². The van der Waals surface area contributed by atoms with E-state index in [4.69, 9.17) is 4.74 Å². The molecule has 0 radical (unpaired) electrons. The fourth-order valence-corrected chi connectivity index (χ4v) is 4.30. The average molecular weight is 285 g/mol. The third-order valence-corrected chi connectivity index (χ3v) is 5.97. The van der Waals surface area contributed by atoms with E-state index < -0.39 is 11.5 Å². The Hall–Kier alpha value is -0.260. The lowest BCUT2D eigenvalue weighted by atomic mass is 9.95. The van der Waals surface area contributed by atoms with E-state index >= 15 is 0 Å². The van der Waals surface area contributed by atoms with Crippen molar-refractivity contribution in [3.63, 3.8) is 0 Å². The normalized spacial score (nSPS) is 28.0. The van der Waals surface area contributed by atoms with E-state index in [1.165, 1.54) is 0 Å². The predicted molar refractivity (Wildman–Crippen MR) is 75.5 cm³/mol. The van der Waals surface area contributed by atoms with Gasteiger partial charge in [-0.1, -0.05) is 0 Å². The summed E-state index contributed by atoms with van der Waals surface area (Å²) in [6, 6.07) is 0.451. The van der Waals surface area contributed by atoms with Crippen LogP contribution in [0.25, 0.3) is 0 Å². The van der Waals surface area contributed by atoms with Gasteiger partial charge in [0.15, 0.2) is 0 Å². The number of nitrogens with one attached hydrogen (secondary N) is 1. The van der Waals surface area contributed by atoms with E-state index in [9.17, 15) is 9.90 Å². The molecule has 2 saturated carbocycles. The quantitative estimate of drug-likeness (QED) is 0.748. The Balaban J connectivity index is 1.61. The standard InChI is InChI=1S/C14H23NO3S/c16-13(17)14(10-1-2-10,15-11-3-4-11)9-19-12-5-7-18-8-6-12/h10-12,15H,1-9H2,(H,16,17). The zero-order valence-corrected chi connectivity index (χ0v) is 12.1. The molecule has 0 spiro atoms. The molecule has 3 aliphatic rings. The number of thioether (sulfide) groups is 1. The third-order valence-electron chi connectivity index (χ3n) is 4.41. The van der Waals surface area contributed by atoms with Gasteiger partial charge in [-0.3, -0.25) is 10.1 Å². The minimum Gasteiger partial charge on any atom is -0.480 e. The maximum atomic E-state index is 11.8. The molecule has 1 unspecified atom stereocenters. The molecule has 5 heteroatoms. The molecule has 19 heavy (non-hydrogen) atoms. The van der Waals surface area contributed by atoms with E-state index in [0.29, 0.717) is 23.0 Å². The molecule has 2 N–H and O–H groups in total. The summed E-state index contributed by atoms with van der Waals surface area (Å²) in [5.41, 5.74) is -0.663. The first kappa shape index (κ1) is 13.7. The zero-order valence-electron chi connectivity index (χ0n) is 11.3. The molecule has 0 amide bonds. The molecule has 0 aromatic carbocycles. The number of ether oxygens (including phenoxy) is 1. The van der Waals surface area contributed by atoms with Gasteiger partial charge in [0.05, 0.1) is 0 Å². The average Bonchev–Trinajstić information content (AvgIpc) is 3.28. The second kappa shape index (κ2) is 5.62. The number of hydrogen-bond donors (Lipinski definition) is 2. The van der Waals surface area contributed by atoms with Gasteiger partial charge in [0, 0.05) is 30.3 Å². The van der Waals surface area contributed by atoms with E-state index in [2.05, 4.69) is 5.32 Å². The van der Waals surface area contributed by atoms with Crippen LogP contribution in [0.4, 0.5) is 0 Å². The highest BCUT2D eigenvalue weighted by Gasteiger charge is 2.53. The minimum atomic E-state index is -0.663. The molecular weight excluding hydrogens is 262 g/mol. The van der Waals surface area contributed by atoms with Crippen LogP contribution >= 0.6 is 11.8 Å². The second-order valence-corrected chi connectivity index (χ2v) is 7.38. The van der Waals surface area contributed by atoms with Crippen LogP contribution in [0, 0.1) is 5.92 Å². The summed E-state index contributed by atoms with van der Waals surface area (Å²) in [5, 5.41) is 13.8. The van der Waals surface area contributed by atoms with Crippen molar-refractivity contribution in [2.45, 2.75) is 55.4 Å². The Kier molecular flexibility index (Phi) is 4.06. The molecule has 0 bridgehead atoms. The van der Waals surface area contributed by atoms with E-state index in [1.807, 2.05) is 11.8 Å². The number of carbonyl (C=O) groups is 1. The largest absolute Gasteiger partial charge is 0.480 e. The summed E-state index contributed by atoms with van der Waals surface area (Å²) >= 11 is 1.85. The monoisotopic (exact) mass is 285 g/mol. The van der Waals surface area contributed by atoms with Crippen LogP contribution in [0.15, 0.2) is 0 Å². The highest BCUT2D eigenvalue weighted by atomic mass is 32.2. The molecule has 1 aliphatic heterocycles. The molecule has 3 fully saturated rings. The maximum absolute atomic E-state index is 11.8. The van der Waals surface area contributed by atoms with Gasteiger partial charge in [-0.25, -0.2) is 0 Å². The first-order valence-electron chi connectivity index (χ1n) is 7.41. The Morgan fingerprint density at radius 1 is 1.21 bits per heavy atom. The van der Waals surface area contributed by atoms with Crippen molar-refractivity contribution in [1.29, 1.82) is 0 Å². The summed E-state index contributed by atoms with van der Waals surface area (Å²) in [6.07, 6.45) is 6.55. The van der Waals surface area contributed by atoms with Crippen molar-refractivity contribution in [1.82, 2.24) is 5.32 Å². The first-order chi connectivity index (χ1) is 9.21. The van der Waals surface area contributed by atoms with Crippen molar-refractivity contribution in [2.24, 2.45) is 5.92 Å². The van der Waals surface area contributed by atoms with E-state index in [0.717, 1.165) is 51.7 Å². The van der Waals surface area contributed by atoms with Gasteiger partial charge in [0.1, 0.15) is 5.54 Å². The Labute approximate surface area is 118 Å². The van der Waals surface area contributed by atoms with Crippen molar-refractivity contribution < 1.29 is 14.6 Å². The summed E-state index contributed by atoms with van der Waals surface area (Å²) in [5.74, 6) is 0.424. The number of hydrogen-bond acceptors (Lipinski definition) is 4. The first-order valence-corrected chi connectivity index (χ1v) is 8.46. The lowest BCUT2D eigenvalue weighted by Crippen LogP contribution is -2.57. The minimum absolute atomic E-state index is 0.345. The van der Waals surface area contributed by atoms with Crippen molar-refractivity contribution in [3.8, 4) is 0 Å². The Bertz CT molecular complexity index is 338. The topological polar surface area (TPSA) is 58.6 Å². The Morgan fingerprint density at radius 3 is 2.42 bits per heavy atom. The van der Waals surface area contributed by atoms with Gasteiger partial charge in [0.2, 0.25) is 0 Å². The lowest BCUT2D eigenvalue weighted by molar-refractivity contribution is -0.145. The molecule has 0 aromatic rings. The second-order valence-electron chi connectivity index (χ2n) is 6.09. The van der Waals surface area contributed by atoms with Gasteiger partial charge in [-0.05, 0) is 44.4 Å². The molecule has 1 atom stereocenters. The molecule has 1 saturated heterocycles.